The van der Waals surface area contributed by atoms with Crippen LogP contribution in [-0.4, -0.2) is 49.1 Å². The number of tetrazole rings is 1. The quantitative estimate of drug-likeness (QED) is 0.880. The Labute approximate surface area is 151 Å². The van der Waals surface area contributed by atoms with Gasteiger partial charge in [-0.05, 0) is 47.6 Å². The molecule has 1 amide bonds. The molecule has 134 valence electrons. The lowest BCUT2D eigenvalue weighted by Gasteiger charge is -2.48. The molecule has 0 radical (unpaired) electrons. The predicted molar refractivity (Wildman–Crippen MR) is 95.0 cm³/mol. The maximum atomic E-state index is 11.4. The van der Waals surface area contributed by atoms with Gasteiger partial charge in [0.25, 0.3) is 0 Å². The second-order valence-electron chi connectivity index (χ2n) is 7.11. The summed E-state index contributed by atoms with van der Waals surface area (Å²) in [4.78, 5) is 15.2. The number of carbonyl (C=O) groups excluding carboxylic acids is 1. The number of hydrogen-bond acceptors (Lipinski definition) is 6. The van der Waals surface area contributed by atoms with Gasteiger partial charge in [0.05, 0.1) is 13.1 Å². The van der Waals surface area contributed by atoms with E-state index in [1.165, 1.54) is 24.1 Å². The Morgan fingerprint density at radius 3 is 2.80 bits per heavy atom. The number of amides is 1. The van der Waals surface area contributed by atoms with Gasteiger partial charge in [0.1, 0.15) is 0 Å². The molecule has 1 N–H and O–H groups in total. The van der Waals surface area contributed by atoms with Crippen molar-refractivity contribution >= 4 is 17.2 Å². The van der Waals surface area contributed by atoms with Crippen LogP contribution in [0, 0.1) is 0 Å². The molecule has 2 aliphatic heterocycles. The first kappa shape index (κ1) is 16.7. The van der Waals surface area contributed by atoms with Crippen molar-refractivity contribution in [1.82, 2.24) is 30.4 Å². The van der Waals surface area contributed by atoms with Crippen molar-refractivity contribution in [2.75, 3.05) is 0 Å². The molecule has 2 aliphatic rings. The summed E-state index contributed by atoms with van der Waals surface area (Å²) in [5.74, 6) is 1.01. The second-order valence-corrected chi connectivity index (χ2v) is 8.14. The molecule has 8 heteroatoms. The zero-order chi connectivity index (χ0) is 17.2. The van der Waals surface area contributed by atoms with E-state index in [-0.39, 0.29) is 5.91 Å². The maximum Gasteiger partial charge on any atom is 0.217 e. The summed E-state index contributed by atoms with van der Waals surface area (Å²) in [5.41, 5.74) is 0. The van der Waals surface area contributed by atoms with E-state index in [1.807, 2.05) is 4.68 Å². The molecule has 2 saturated heterocycles. The molecule has 2 aromatic rings. The zero-order valence-electron chi connectivity index (χ0n) is 14.5. The first-order valence-corrected chi connectivity index (χ1v) is 9.87. The number of hydrogen-bond donors (Lipinski definition) is 1. The van der Waals surface area contributed by atoms with Crippen LogP contribution in [0.3, 0.4) is 0 Å². The Kier molecular flexibility index (Phi) is 4.80. The Hall–Kier alpha value is -1.80. The Bertz CT molecular complexity index is 701. The van der Waals surface area contributed by atoms with Crippen molar-refractivity contribution in [3.63, 3.8) is 0 Å². The second kappa shape index (κ2) is 7.21. The van der Waals surface area contributed by atoms with Crippen molar-refractivity contribution in [1.29, 1.82) is 0 Å². The summed E-state index contributed by atoms with van der Waals surface area (Å²) in [6, 6.07) is 5.50. The fourth-order valence-corrected chi connectivity index (χ4v) is 5.00. The third kappa shape index (κ3) is 3.74. The largest absolute Gasteiger partial charge is 0.353 e. The van der Waals surface area contributed by atoms with Gasteiger partial charge >= 0.3 is 0 Å². The van der Waals surface area contributed by atoms with E-state index in [2.05, 4.69) is 43.3 Å². The van der Waals surface area contributed by atoms with Gasteiger partial charge in [0, 0.05) is 29.9 Å². The van der Waals surface area contributed by atoms with E-state index >= 15 is 0 Å². The molecule has 0 aliphatic carbocycles. The van der Waals surface area contributed by atoms with E-state index < -0.39 is 0 Å². The van der Waals surface area contributed by atoms with Crippen LogP contribution in [-0.2, 0) is 17.9 Å². The van der Waals surface area contributed by atoms with Crippen LogP contribution in [0.5, 0.6) is 0 Å². The SMILES string of the molecule is CC(=O)NC1CC2CCCC(C1)N2Cc1nnnn1Cc1cccs1. The van der Waals surface area contributed by atoms with Crippen LogP contribution in [0.1, 0.15) is 49.7 Å². The first-order valence-electron chi connectivity index (χ1n) is 8.99. The van der Waals surface area contributed by atoms with Gasteiger partial charge in [0.15, 0.2) is 5.82 Å². The third-order valence-electron chi connectivity index (χ3n) is 5.35. The van der Waals surface area contributed by atoms with Crippen LogP contribution in [0.4, 0.5) is 0 Å². The number of thiophene rings is 1. The van der Waals surface area contributed by atoms with Gasteiger partial charge in [-0.25, -0.2) is 4.68 Å². The van der Waals surface area contributed by atoms with Crippen molar-refractivity contribution in [2.45, 2.75) is 70.2 Å². The minimum atomic E-state index is 0.0800. The molecule has 2 fully saturated rings. The summed E-state index contributed by atoms with van der Waals surface area (Å²) >= 11 is 1.73. The van der Waals surface area contributed by atoms with Gasteiger partial charge in [-0.2, -0.15) is 0 Å². The third-order valence-corrected chi connectivity index (χ3v) is 6.21. The van der Waals surface area contributed by atoms with E-state index in [0.29, 0.717) is 18.1 Å². The molecule has 2 bridgehead atoms. The number of nitrogens with zero attached hydrogens (tertiary/aromatic N) is 5. The van der Waals surface area contributed by atoms with E-state index in [9.17, 15) is 4.79 Å². The normalized spacial score (nSPS) is 26.5. The Morgan fingerprint density at radius 1 is 1.32 bits per heavy atom. The van der Waals surface area contributed by atoms with E-state index in [1.54, 1.807) is 18.3 Å². The minimum absolute atomic E-state index is 0.0800. The van der Waals surface area contributed by atoms with Crippen molar-refractivity contribution in [2.24, 2.45) is 0 Å². The van der Waals surface area contributed by atoms with Crippen LogP contribution in [0.25, 0.3) is 0 Å². The minimum Gasteiger partial charge on any atom is -0.353 e. The summed E-state index contributed by atoms with van der Waals surface area (Å²) in [6.45, 7) is 3.14. The van der Waals surface area contributed by atoms with Crippen molar-refractivity contribution in [3.05, 3.63) is 28.2 Å². The highest BCUT2D eigenvalue weighted by molar-refractivity contribution is 7.09. The molecule has 25 heavy (non-hydrogen) atoms. The molecule has 2 aromatic heterocycles. The lowest BCUT2D eigenvalue weighted by atomic mass is 9.81. The summed E-state index contributed by atoms with van der Waals surface area (Å²) < 4.78 is 1.92. The highest BCUT2D eigenvalue weighted by atomic mass is 32.1. The van der Waals surface area contributed by atoms with Crippen LogP contribution in [0.15, 0.2) is 17.5 Å². The monoisotopic (exact) mass is 360 g/mol. The smallest absolute Gasteiger partial charge is 0.217 e. The fraction of sp³-hybridized carbons (Fsp3) is 0.647. The Balaban J connectivity index is 1.46. The summed E-state index contributed by atoms with van der Waals surface area (Å²) in [7, 11) is 0. The number of aromatic nitrogens is 4. The number of fused-ring (bicyclic) bond motifs is 2. The number of piperidine rings is 2. The highest BCUT2D eigenvalue weighted by Gasteiger charge is 2.39. The molecule has 0 aromatic carbocycles. The molecular weight excluding hydrogens is 336 g/mol. The fourth-order valence-electron chi connectivity index (χ4n) is 4.31. The lowest BCUT2D eigenvalue weighted by molar-refractivity contribution is -0.120. The van der Waals surface area contributed by atoms with E-state index in [0.717, 1.165) is 31.8 Å². The Morgan fingerprint density at radius 2 is 2.12 bits per heavy atom. The topological polar surface area (TPSA) is 75.9 Å². The number of nitrogens with one attached hydrogen (secondary N) is 1. The molecule has 4 rings (SSSR count). The molecule has 0 saturated carbocycles. The van der Waals surface area contributed by atoms with Crippen LogP contribution >= 0.6 is 11.3 Å². The standard InChI is InChI=1S/C17H24N6OS/c1-12(24)18-13-8-14-4-2-5-15(9-13)22(14)11-17-19-20-21-23(17)10-16-6-3-7-25-16/h3,6-7,13-15H,2,4-5,8-11H2,1H3,(H,18,24). The zero-order valence-corrected chi connectivity index (χ0v) is 15.3. The van der Waals surface area contributed by atoms with Crippen molar-refractivity contribution < 1.29 is 4.79 Å². The van der Waals surface area contributed by atoms with Gasteiger partial charge in [0.2, 0.25) is 5.91 Å². The first-order chi connectivity index (χ1) is 12.2. The summed E-state index contributed by atoms with van der Waals surface area (Å²) in [5, 5.41) is 17.6. The molecule has 7 nitrogen and oxygen atoms in total. The van der Waals surface area contributed by atoms with Gasteiger partial charge in [-0.15, -0.1) is 16.4 Å². The number of rotatable bonds is 5. The molecule has 2 atom stereocenters. The maximum absolute atomic E-state index is 11.4. The molecule has 2 unspecified atom stereocenters. The molecule has 0 spiro atoms. The average molecular weight is 360 g/mol. The van der Waals surface area contributed by atoms with Crippen LogP contribution in [0.2, 0.25) is 0 Å². The predicted octanol–water partition coefficient (Wildman–Crippen LogP) is 1.80. The van der Waals surface area contributed by atoms with Gasteiger partial charge in [-0.3, -0.25) is 9.69 Å². The van der Waals surface area contributed by atoms with Crippen molar-refractivity contribution in [3.8, 4) is 0 Å². The average Bonchev–Trinajstić information content (AvgIpc) is 3.20. The molecule has 4 heterocycles. The number of carbonyl (C=O) groups is 1. The van der Waals surface area contributed by atoms with Gasteiger partial charge in [-0.1, -0.05) is 12.5 Å². The lowest BCUT2D eigenvalue weighted by Crippen LogP contribution is -2.56. The van der Waals surface area contributed by atoms with Crippen LogP contribution < -0.4 is 5.32 Å². The summed E-state index contributed by atoms with van der Waals surface area (Å²) in [6.07, 6.45) is 5.72. The molecular formula is C17H24N6OS. The van der Waals surface area contributed by atoms with E-state index in [4.69, 9.17) is 0 Å². The highest BCUT2D eigenvalue weighted by Crippen LogP contribution is 2.35. The van der Waals surface area contributed by atoms with Gasteiger partial charge < -0.3 is 5.32 Å².